The molecular weight excluding hydrogens is 384 g/mol. The number of aryl methyl sites for hydroxylation is 2. The molecule has 0 bridgehead atoms. The summed E-state index contributed by atoms with van der Waals surface area (Å²) < 4.78 is 28.5. The predicted molar refractivity (Wildman–Crippen MR) is 105 cm³/mol. The Balaban J connectivity index is 1.47. The van der Waals surface area contributed by atoms with Crippen LogP contribution in [0.5, 0.6) is 0 Å². The van der Waals surface area contributed by atoms with E-state index in [0.29, 0.717) is 13.1 Å². The first-order valence-electron chi connectivity index (χ1n) is 8.97. The molecule has 0 radical (unpaired) electrons. The molecule has 8 nitrogen and oxygen atoms in total. The van der Waals surface area contributed by atoms with Crippen molar-refractivity contribution >= 4 is 37.4 Å². The molecule has 10 heteroatoms. The van der Waals surface area contributed by atoms with Crippen LogP contribution in [0.4, 0.5) is 5.82 Å². The fourth-order valence-electron chi connectivity index (χ4n) is 3.28. The molecule has 1 fully saturated rings. The molecule has 144 valence electrons. The normalized spacial score (nSPS) is 16.8. The van der Waals surface area contributed by atoms with E-state index in [1.54, 1.807) is 28.9 Å². The Labute approximate surface area is 162 Å². The minimum absolute atomic E-state index is 0.188. The van der Waals surface area contributed by atoms with Crippen molar-refractivity contribution in [2.24, 2.45) is 7.05 Å². The molecular formula is C17H22N6O2S2. The number of anilines is 1. The second-order valence-electron chi connectivity index (χ2n) is 6.65. The van der Waals surface area contributed by atoms with Crippen molar-refractivity contribution in [3.05, 3.63) is 29.7 Å². The number of nitrogens with zero attached hydrogens (tertiary/aromatic N) is 5. The number of nitrogens with one attached hydrogen (secondary N) is 1. The molecule has 1 saturated heterocycles. The molecule has 0 spiro atoms. The molecule has 0 saturated carbocycles. The van der Waals surface area contributed by atoms with Gasteiger partial charge in [0.15, 0.2) is 0 Å². The molecule has 4 rings (SSSR count). The number of hydrogen-bond acceptors (Lipinski definition) is 7. The Hall–Kier alpha value is -2.04. The monoisotopic (exact) mass is 406 g/mol. The number of rotatable bonds is 5. The predicted octanol–water partition coefficient (Wildman–Crippen LogP) is 2.25. The van der Waals surface area contributed by atoms with Crippen LogP contribution in [0.15, 0.2) is 28.7 Å². The van der Waals surface area contributed by atoms with Crippen LogP contribution < -0.4 is 5.32 Å². The standard InChI is InChI=1S/C17H22N6O2S2/c1-3-15-20-16(14-6-9-26-17(14)21-15)19-12-4-7-23(8-5-12)27(24,25)13-10-18-22(2)11-13/h6,9-12H,3-5,7-8H2,1-2H3,(H,19,20,21). The van der Waals surface area contributed by atoms with E-state index in [2.05, 4.69) is 20.4 Å². The van der Waals surface area contributed by atoms with Crippen molar-refractivity contribution in [1.82, 2.24) is 24.1 Å². The van der Waals surface area contributed by atoms with Crippen molar-refractivity contribution in [3.63, 3.8) is 0 Å². The lowest BCUT2D eigenvalue weighted by Gasteiger charge is -2.31. The van der Waals surface area contributed by atoms with Gasteiger partial charge in [0.25, 0.3) is 0 Å². The summed E-state index contributed by atoms with van der Waals surface area (Å²) in [7, 11) is -1.76. The Bertz CT molecular complexity index is 1050. The summed E-state index contributed by atoms with van der Waals surface area (Å²) in [4.78, 5) is 10.4. The van der Waals surface area contributed by atoms with Gasteiger partial charge < -0.3 is 5.32 Å². The fourth-order valence-corrected chi connectivity index (χ4v) is 5.52. The zero-order valence-corrected chi connectivity index (χ0v) is 16.9. The summed E-state index contributed by atoms with van der Waals surface area (Å²) in [5, 5.41) is 10.5. The van der Waals surface area contributed by atoms with Gasteiger partial charge in [0.2, 0.25) is 10.0 Å². The Morgan fingerprint density at radius 3 is 2.74 bits per heavy atom. The lowest BCUT2D eigenvalue weighted by atomic mass is 10.1. The highest BCUT2D eigenvalue weighted by Gasteiger charge is 2.30. The van der Waals surface area contributed by atoms with Gasteiger partial charge in [-0.3, -0.25) is 4.68 Å². The second kappa shape index (κ2) is 7.17. The Kier molecular flexibility index (Phi) is 4.87. The maximum atomic E-state index is 12.7. The first-order chi connectivity index (χ1) is 13.0. The van der Waals surface area contributed by atoms with E-state index >= 15 is 0 Å². The van der Waals surface area contributed by atoms with Gasteiger partial charge in [-0.1, -0.05) is 6.92 Å². The fraction of sp³-hybridized carbons (Fsp3) is 0.471. The van der Waals surface area contributed by atoms with Crippen LogP contribution in [0.3, 0.4) is 0 Å². The van der Waals surface area contributed by atoms with Crippen LogP contribution in [-0.4, -0.2) is 51.6 Å². The average molecular weight is 407 g/mol. The van der Waals surface area contributed by atoms with Crippen LogP contribution in [0.2, 0.25) is 0 Å². The SMILES string of the molecule is CCc1nc(NC2CCN(S(=O)(=O)c3cnn(C)c3)CC2)c2ccsc2n1. The summed E-state index contributed by atoms with van der Waals surface area (Å²) >= 11 is 1.61. The summed E-state index contributed by atoms with van der Waals surface area (Å²) in [6.07, 6.45) is 5.19. The molecule has 1 N–H and O–H groups in total. The number of thiophene rings is 1. The number of hydrogen-bond donors (Lipinski definition) is 1. The van der Waals surface area contributed by atoms with E-state index in [1.807, 2.05) is 18.4 Å². The third kappa shape index (κ3) is 3.56. The molecule has 3 aromatic rings. The maximum Gasteiger partial charge on any atom is 0.246 e. The van der Waals surface area contributed by atoms with E-state index in [4.69, 9.17) is 0 Å². The lowest BCUT2D eigenvalue weighted by Crippen LogP contribution is -2.42. The third-order valence-electron chi connectivity index (χ3n) is 4.80. The zero-order chi connectivity index (χ0) is 19.0. The number of piperidine rings is 1. The first kappa shape index (κ1) is 18.3. The van der Waals surface area contributed by atoms with Crippen molar-refractivity contribution in [3.8, 4) is 0 Å². The Morgan fingerprint density at radius 2 is 2.07 bits per heavy atom. The van der Waals surface area contributed by atoms with Crippen molar-refractivity contribution in [2.75, 3.05) is 18.4 Å². The van der Waals surface area contributed by atoms with E-state index in [0.717, 1.165) is 41.1 Å². The lowest BCUT2D eigenvalue weighted by molar-refractivity contribution is 0.329. The topological polar surface area (TPSA) is 93.0 Å². The third-order valence-corrected chi connectivity index (χ3v) is 7.46. The van der Waals surface area contributed by atoms with Gasteiger partial charge in [-0.05, 0) is 24.3 Å². The largest absolute Gasteiger partial charge is 0.367 e. The van der Waals surface area contributed by atoms with Gasteiger partial charge in [-0.25, -0.2) is 18.4 Å². The maximum absolute atomic E-state index is 12.7. The van der Waals surface area contributed by atoms with Crippen LogP contribution in [-0.2, 0) is 23.5 Å². The van der Waals surface area contributed by atoms with Gasteiger partial charge in [-0.2, -0.15) is 9.40 Å². The van der Waals surface area contributed by atoms with E-state index in [-0.39, 0.29) is 10.9 Å². The number of fused-ring (bicyclic) bond motifs is 1. The Morgan fingerprint density at radius 1 is 1.30 bits per heavy atom. The highest BCUT2D eigenvalue weighted by molar-refractivity contribution is 7.89. The molecule has 0 aromatic carbocycles. The zero-order valence-electron chi connectivity index (χ0n) is 15.3. The smallest absolute Gasteiger partial charge is 0.246 e. The van der Waals surface area contributed by atoms with E-state index in [9.17, 15) is 8.42 Å². The first-order valence-corrected chi connectivity index (χ1v) is 11.3. The molecule has 4 heterocycles. The van der Waals surface area contributed by atoms with Gasteiger partial charge in [0.05, 0.1) is 11.6 Å². The number of aromatic nitrogens is 4. The highest BCUT2D eigenvalue weighted by Crippen LogP contribution is 2.28. The van der Waals surface area contributed by atoms with Gasteiger partial charge in [0, 0.05) is 38.8 Å². The van der Waals surface area contributed by atoms with Crippen LogP contribution in [0.25, 0.3) is 10.2 Å². The quantitative estimate of drug-likeness (QED) is 0.699. The van der Waals surface area contributed by atoms with Crippen LogP contribution in [0.1, 0.15) is 25.6 Å². The molecule has 0 aliphatic carbocycles. The summed E-state index contributed by atoms with van der Waals surface area (Å²) in [5.41, 5.74) is 0. The molecule has 0 atom stereocenters. The molecule has 1 aliphatic heterocycles. The summed E-state index contributed by atoms with van der Waals surface area (Å²) in [5.74, 6) is 1.68. The van der Waals surface area contributed by atoms with Gasteiger partial charge in [-0.15, -0.1) is 11.3 Å². The molecule has 3 aromatic heterocycles. The van der Waals surface area contributed by atoms with Crippen LogP contribution in [0, 0.1) is 0 Å². The summed E-state index contributed by atoms with van der Waals surface area (Å²) in [6.45, 7) is 3.00. The average Bonchev–Trinajstić information content (AvgIpc) is 3.31. The van der Waals surface area contributed by atoms with Gasteiger partial charge >= 0.3 is 0 Å². The molecule has 0 unspecified atom stereocenters. The summed E-state index contributed by atoms with van der Waals surface area (Å²) in [6, 6.07) is 2.22. The number of sulfonamides is 1. The molecule has 27 heavy (non-hydrogen) atoms. The molecule has 0 amide bonds. The van der Waals surface area contributed by atoms with Crippen LogP contribution >= 0.6 is 11.3 Å². The highest BCUT2D eigenvalue weighted by atomic mass is 32.2. The minimum atomic E-state index is -3.48. The van der Waals surface area contributed by atoms with E-state index in [1.165, 1.54) is 10.9 Å². The molecule has 1 aliphatic rings. The van der Waals surface area contributed by atoms with Crippen molar-refractivity contribution < 1.29 is 8.42 Å². The van der Waals surface area contributed by atoms with Gasteiger partial charge in [0.1, 0.15) is 21.4 Å². The van der Waals surface area contributed by atoms with Crippen molar-refractivity contribution in [1.29, 1.82) is 0 Å². The van der Waals surface area contributed by atoms with E-state index < -0.39 is 10.0 Å². The second-order valence-corrected chi connectivity index (χ2v) is 9.49. The minimum Gasteiger partial charge on any atom is -0.367 e. The van der Waals surface area contributed by atoms with Crippen molar-refractivity contribution in [2.45, 2.75) is 37.1 Å².